The highest BCUT2D eigenvalue weighted by Gasteiger charge is 2.92. The van der Waals surface area contributed by atoms with Crippen molar-refractivity contribution in [2.45, 2.75) is 25.0 Å². The van der Waals surface area contributed by atoms with E-state index >= 15 is 0 Å². The molecular formula is C21H22N4O5. The average molecular weight is 410 g/mol. The highest BCUT2D eigenvalue weighted by molar-refractivity contribution is 5.93. The number of nitrogens with one attached hydrogen (secondary N) is 1. The van der Waals surface area contributed by atoms with Gasteiger partial charge >= 0.3 is 6.09 Å². The second-order valence-electron chi connectivity index (χ2n) is 8.98. The van der Waals surface area contributed by atoms with Crippen LogP contribution >= 0.6 is 0 Å². The number of carbonyl (C=O) groups excluding carboxylic acids is 2. The summed E-state index contributed by atoms with van der Waals surface area (Å²) >= 11 is 0. The van der Waals surface area contributed by atoms with Crippen molar-refractivity contribution < 1.29 is 23.6 Å². The van der Waals surface area contributed by atoms with Crippen LogP contribution in [0.3, 0.4) is 0 Å². The summed E-state index contributed by atoms with van der Waals surface area (Å²) in [6.07, 6.45) is 3.96. The first-order valence-electron chi connectivity index (χ1n) is 10.2. The lowest BCUT2D eigenvalue weighted by Gasteiger charge is -2.38. The number of rotatable bonds is 6. The van der Waals surface area contributed by atoms with Crippen LogP contribution < -0.4 is 5.32 Å². The predicted molar refractivity (Wildman–Crippen MR) is 102 cm³/mol. The Balaban J connectivity index is 1.01. The summed E-state index contributed by atoms with van der Waals surface area (Å²) in [6.45, 7) is 4.14. The maximum atomic E-state index is 12.5. The van der Waals surface area contributed by atoms with E-state index in [0.717, 1.165) is 18.5 Å². The first-order chi connectivity index (χ1) is 14.5. The van der Waals surface area contributed by atoms with Crippen molar-refractivity contribution in [1.82, 2.24) is 20.4 Å². The largest absolute Gasteiger partial charge is 0.438 e. The number of pyridine rings is 1. The SMILES string of the molecule is CC1(OC(=O)N2C[C@@H]3[C@@H]4[C@H]2[C@]43CCNC(=O)c2cc(-c3cccnc3)on2)COC1. The molecule has 3 saturated heterocycles. The maximum absolute atomic E-state index is 12.5. The summed E-state index contributed by atoms with van der Waals surface area (Å²) in [5.74, 6) is 1.36. The molecule has 0 aromatic carbocycles. The van der Waals surface area contributed by atoms with Gasteiger partial charge in [-0.25, -0.2) is 4.79 Å². The first-order valence-corrected chi connectivity index (χ1v) is 10.2. The van der Waals surface area contributed by atoms with Gasteiger partial charge in [0.15, 0.2) is 17.1 Å². The van der Waals surface area contributed by atoms with E-state index in [2.05, 4.69) is 15.5 Å². The molecule has 0 unspecified atom stereocenters. The summed E-state index contributed by atoms with van der Waals surface area (Å²) in [6, 6.07) is 5.53. The second-order valence-corrected chi connectivity index (χ2v) is 8.98. The molecule has 0 spiro atoms. The molecule has 2 aromatic rings. The minimum Gasteiger partial charge on any atom is -0.438 e. The van der Waals surface area contributed by atoms with Crippen LogP contribution in [-0.4, -0.2) is 65.0 Å². The number of fused-ring (bicyclic) bond motifs is 1. The van der Waals surface area contributed by atoms with E-state index in [9.17, 15) is 9.59 Å². The molecule has 5 heterocycles. The fourth-order valence-electron chi connectivity index (χ4n) is 5.37. The third-order valence-electron chi connectivity index (χ3n) is 7.06. The van der Waals surface area contributed by atoms with Crippen molar-refractivity contribution in [3.63, 3.8) is 0 Å². The van der Waals surface area contributed by atoms with E-state index in [4.69, 9.17) is 14.0 Å². The Morgan fingerprint density at radius 3 is 2.97 bits per heavy atom. The van der Waals surface area contributed by atoms with Crippen LogP contribution in [0.5, 0.6) is 0 Å². The number of carbonyl (C=O) groups is 2. The number of ether oxygens (including phenoxy) is 2. The van der Waals surface area contributed by atoms with Crippen LogP contribution in [0.4, 0.5) is 4.79 Å². The van der Waals surface area contributed by atoms with Crippen molar-refractivity contribution in [3.8, 4) is 11.3 Å². The van der Waals surface area contributed by atoms with E-state index in [1.807, 2.05) is 17.9 Å². The summed E-state index contributed by atoms with van der Waals surface area (Å²) in [5.41, 5.74) is 0.715. The molecule has 2 amide bonds. The molecule has 5 aliphatic rings. The third-order valence-corrected chi connectivity index (χ3v) is 7.06. The Morgan fingerprint density at radius 1 is 1.40 bits per heavy atom. The first kappa shape index (κ1) is 17.9. The Hall–Kier alpha value is -2.94. The second kappa shape index (κ2) is 6.04. The van der Waals surface area contributed by atoms with Gasteiger partial charge in [0.2, 0.25) is 0 Å². The minimum absolute atomic E-state index is 0.175. The molecule has 2 saturated carbocycles. The topological polar surface area (TPSA) is 107 Å². The average Bonchev–Trinajstić information content (AvgIpc) is 3.27. The van der Waals surface area contributed by atoms with Crippen LogP contribution in [0.1, 0.15) is 23.8 Å². The number of aromatic nitrogens is 2. The van der Waals surface area contributed by atoms with Crippen LogP contribution in [-0.2, 0) is 9.47 Å². The van der Waals surface area contributed by atoms with E-state index in [1.54, 1.807) is 24.5 Å². The highest BCUT2D eigenvalue weighted by Crippen LogP contribution is 2.87. The van der Waals surface area contributed by atoms with Gasteiger partial charge in [-0.15, -0.1) is 0 Å². The van der Waals surface area contributed by atoms with Crippen molar-refractivity contribution >= 4 is 12.0 Å². The van der Waals surface area contributed by atoms with Crippen LogP contribution in [0, 0.1) is 17.3 Å². The Labute approximate surface area is 172 Å². The molecule has 2 aromatic heterocycles. The minimum atomic E-state index is -0.479. The van der Waals surface area contributed by atoms with Gasteiger partial charge in [0.25, 0.3) is 5.91 Å². The predicted octanol–water partition coefficient (Wildman–Crippen LogP) is 1.71. The van der Waals surface area contributed by atoms with Crippen LogP contribution in [0.2, 0.25) is 0 Å². The normalized spacial score (nSPS) is 31.5. The lowest BCUT2D eigenvalue weighted by atomic mass is 10.0. The smallest absolute Gasteiger partial charge is 0.410 e. The number of hydrogen-bond acceptors (Lipinski definition) is 7. The van der Waals surface area contributed by atoms with E-state index in [1.165, 1.54) is 0 Å². The third kappa shape index (κ3) is 2.51. The summed E-state index contributed by atoms with van der Waals surface area (Å²) in [4.78, 5) is 30.8. The zero-order valence-electron chi connectivity index (χ0n) is 16.5. The van der Waals surface area contributed by atoms with Gasteiger partial charge in [0.05, 0.1) is 13.2 Å². The summed E-state index contributed by atoms with van der Waals surface area (Å²) in [7, 11) is 0. The molecule has 5 fully saturated rings. The molecule has 2 aliphatic carbocycles. The number of amides is 2. The summed E-state index contributed by atoms with van der Waals surface area (Å²) < 4.78 is 16.0. The number of nitrogens with zero attached hydrogens (tertiary/aromatic N) is 3. The monoisotopic (exact) mass is 410 g/mol. The van der Waals surface area contributed by atoms with E-state index in [0.29, 0.717) is 37.4 Å². The fraction of sp³-hybridized carbons (Fsp3) is 0.524. The van der Waals surface area contributed by atoms with Crippen LogP contribution in [0.25, 0.3) is 11.3 Å². The van der Waals surface area contributed by atoms with Crippen molar-refractivity contribution in [2.75, 3.05) is 26.3 Å². The van der Waals surface area contributed by atoms with E-state index < -0.39 is 5.60 Å². The van der Waals surface area contributed by atoms with Gasteiger partial charge in [-0.05, 0) is 37.3 Å². The molecule has 9 nitrogen and oxygen atoms in total. The van der Waals surface area contributed by atoms with Crippen molar-refractivity contribution in [3.05, 3.63) is 36.3 Å². The highest BCUT2D eigenvalue weighted by atomic mass is 16.6. The van der Waals surface area contributed by atoms with Gasteiger partial charge in [-0.2, -0.15) is 0 Å². The maximum Gasteiger partial charge on any atom is 0.410 e. The molecule has 30 heavy (non-hydrogen) atoms. The Kier molecular flexibility index (Phi) is 3.60. The zero-order valence-corrected chi connectivity index (χ0v) is 16.5. The molecule has 3 aliphatic heterocycles. The Bertz CT molecular complexity index is 1010. The van der Waals surface area contributed by atoms with Gasteiger partial charge in [0.1, 0.15) is 0 Å². The van der Waals surface area contributed by atoms with Gasteiger partial charge in [0, 0.05) is 48.6 Å². The molecule has 7 rings (SSSR count). The standard InChI is InChI=1S/C21H22N4O5/c1-20(10-28-11-20)29-19(27)25-9-13-16-17(25)21(13,16)4-6-23-18(26)14-7-15(30-24-14)12-3-2-5-22-8-12/h2-3,5,7-8,13,16-17H,4,6,9-11H2,1H3,(H,23,26)/t13-,16-,17+,21+/m1/s1. The fourth-order valence-corrected chi connectivity index (χ4v) is 5.37. The lowest BCUT2D eigenvalue weighted by Crippen LogP contribution is -2.52. The molecule has 2 bridgehead atoms. The number of piperidine rings is 1. The number of hydrogen-bond donors (Lipinski definition) is 1. The zero-order chi connectivity index (χ0) is 20.5. The molecule has 0 radical (unpaired) electrons. The van der Waals surface area contributed by atoms with Gasteiger partial charge in [-0.3, -0.25) is 9.78 Å². The lowest BCUT2D eigenvalue weighted by molar-refractivity contribution is -0.171. The van der Waals surface area contributed by atoms with Crippen molar-refractivity contribution in [2.24, 2.45) is 17.3 Å². The molecule has 1 N–H and O–H groups in total. The van der Waals surface area contributed by atoms with Crippen molar-refractivity contribution in [1.29, 1.82) is 0 Å². The molecular weight excluding hydrogens is 388 g/mol. The van der Waals surface area contributed by atoms with E-state index in [-0.39, 0.29) is 29.2 Å². The van der Waals surface area contributed by atoms with Gasteiger partial charge < -0.3 is 24.2 Å². The Morgan fingerprint density at radius 2 is 2.27 bits per heavy atom. The van der Waals surface area contributed by atoms with Gasteiger partial charge in [-0.1, -0.05) is 5.16 Å². The quantitative estimate of drug-likeness (QED) is 0.773. The molecule has 4 atom stereocenters. The van der Waals surface area contributed by atoms with Crippen LogP contribution in [0.15, 0.2) is 35.1 Å². The molecule has 9 heteroatoms. The summed E-state index contributed by atoms with van der Waals surface area (Å²) in [5, 5.41) is 6.79. The molecule has 156 valence electrons.